The SMILES string of the molecule is O=C(O)CC1CCCCN1C(=O)C1(NC(=O)OCC2c3ccccc3-c3ccccc32)CC1. The lowest BCUT2D eigenvalue weighted by molar-refractivity contribution is -0.143. The van der Waals surface area contributed by atoms with Crippen molar-refractivity contribution in [3.8, 4) is 11.1 Å². The summed E-state index contributed by atoms with van der Waals surface area (Å²) in [6.07, 6.45) is 2.87. The molecule has 1 saturated heterocycles. The largest absolute Gasteiger partial charge is 0.481 e. The summed E-state index contributed by atoms with van der Waals surface area (Å²) in [4.78, 5) is 38.9. The number of likely N-dealkylation sites (tertiary alicyclic amines) is 1. The Hall–Kier alpha value is -3.35. The van der Waals surface area contributed by atoms with Crippen molar-refractivity contribution in [2.45, 2.75) is 56.0 Å². The maximum absolute atomic E-state index is 13.3. The molecule has 2 N–H and O–H groups in total. The molecule has 1 atom stereocenters. The van der Waals surface area contributed by atoms with Crippen LogP contribution in [0.15, 0.2) is 48.5 Å². The predicted octanol–water partition coefficient (Wildman–Crippen LogP) is 3.91. The van der Waals surface area contributed by atoms with Crippen molar-refractivity contribution in [3.05, 3.63) is 59.7 Å². The maximum Gasteiger partial charge on any atom is 0.408 e. The molecule has 172 valence electrons. The zero-order valence-electron chi connectivity index (χ0n) is 18.5. The Morgan fingerprint density at radius 1 is 1.00 bits per heavy atom. The second kappa shape index (κ2) is 8.54. The fourth-order valence-corrected chi connectivity index (χ4v) is 5.30. The third-order valence-corrected chi connectivity index (χ3v) is 7.14. The number of carbonyl (C=O) groups excluding carboxylic acids is 2. The Morgan fingerprint density at radius 2 is 1.64 bits per heavy atom. The quantitative estimate of drug-likeness (QED) is 0.699. The highest BCUT2D eigenvalue weighted by Crippen LogP contribution is 2.45. The molecule has 0 radical (unpaired) electrons. The van der Waals surface area contributed by atoms with E-state index < -0.39 is 17.6 Å². The van der Waals surface area contributed by atoms with E-state index in [2.05, 4.69) is 29.6 Å². The lowest BCUT2D eigenvalue weighted by Crippen LogP contribution is -2.55. The molecular formula is C26H28N2O5. The van der Waals surface area contributed by atoms with Gasteiger partial charge in [-0.15, -0.1) is 0 Å². The molecule has 7 heteroatoms. The molecule has 2 aromatic rings. The van der Waals surface area contributed by atoms with Gasteiger partial charge in [0.1, 0.15) is 12.1 Å². The second-order valence-electron chi connectivity index (χ2n) is 9.28. The van der Waals surface area contributed by atoms with E-state index in [-0.39, 0.29) is 30.9 Å². The van der Waals surface area contributed by atoms with Gasteiger partial charge in [-0.05, 0) is 54.4 Å². The Morgan fingerprint density at radius 3 is 2.24 bits per heavy atom. The molecular weight excluding hydrogens is 420 g/mol. The number of benzene rings is 2. The topological polar surface area (TPSA) is 95.9 Å². The number of piperidine rings is 1. The highest BCUT2D eigenvalue weighted by atomic mass is 16.5. The molecule has 7 nitrogen and oxygen atoms in total. The number of fused-ring (bicyclic) bond motifs is 3. The van der Waals surface area contributed by atoms with Gasteiger partial charge in [0, 0.05) is 18.5 Å². The van der Waals surface area contributed by atoms with Crippen LogP contribution in [-0.4, -0.2) is 52.7 Å². The summed E-state index contributed by atoms with van der Waals surface area (Å²) in [5.74, 6) is -1.13. The summed E-state index contributed by atoms with van der Waals surface area (Å²) in [5, 5.41) is 12.0. The van der Waals surface area contributed by atoms with Crippen LogP contribution in [0.1, 0.15) is 55.6 Å². The zero-order valence-corrected chi connectivity index (χ0v) is 18.5. The number of ether oxygens (including phenoxy) is 1. The standard InChI is InChI=1S/C26H28N2O5/c29-23(30)15-17-7-5-6-14-28(17)24(31)26(12-13-26)27-25(32)33-16-22-20-10-3-1-8-18(20)19-9-2-4-11-21(19)22/h1-4,8-11,17,22H,5-7,12-16H2,(H,27,32)(H,29,30). The lowest BCUT2D eigenvalue weighted by atomic mass is 9.98. The van der Waals surface area contributed by atoms with Gasteiger partial charge in [-0.25, -0.2) is 4.79 Å². The summed E-state index contributed by atoms with van der Waals surface area (Å²) in [7, 11) is 0. The molecule has 1 unspecified atom stereocenters. The van der Waals surface area contributed by atoms with E-state index >= 15 is 0 Å². The van der Waals surface area contributed by atoms with Crippen molar-refractivity contribution in [1.82, 2.24) is 10.2 Å². The van der Waals surface area contributed by atoms with Gasteiger partial charge >= 0.3 is 12.1 Å². The summed E-state index contributed by atoms with van der Waals surface area (Å²) in [5.41, 5.74) is 3.62. The van der Waals surface area contributed by atoms with Crippen LogP contribution in [0.2, 0.25) is 0 Å². The number of amides is 2. The predicted molar refractivity (Wildman–Crippen MR) is 122 cm³/mol. The number of rotatable bonds is 6. The first kappa shape index (κ1) is 21.5. The van der Waals surface area contributed by atoms with Crippen molar-refractivity contribution in [1.29, 1.82) is 0 Å². The first-order chi connectivity index (χ1) is 16.0. The summed E-state index contributed by atoms with van der Waals surface area (Å²) < 4.78 is 5.63. The fraction of sp³-hybridized carbons (Fsp3) is 0.423. The van der Waals surface area contributed by atoms with E-state index in [0.29, 0.717) is 25.8 Å². The first-order valence-electron chi connectivity index (χ1n) is 11.6. The van der Waals surface area contributed by atoms with Crippen LogP contribution >= 0.6 is 0 Å². The molecule has 1 aliphatic heterocycles. The molecule has 0 aromatic heterocycles. The van der Waals surface area contributed by atoms with Gasteiger partial charge in [-0.3, -0.25) is 9.59 Å². The third kappa shape index (κ3) is 4.08. The highest BCUT2D eigenvalue weighted by Gasteiger charge is 2.54. The molecule has 2 fully saturated rings. The summed E-state index contributed by atoms with van der Waals surface area (Å²) in [6.45, 7) is 0.723. The van der Waals surface area contributed by atoms with Gasteiger partial charge in [0.05, 0.1) is 6.42 Å². The minimum atomic E-state index is -0.962. The number of alkyl carbamates (subject to hydrolysis) is 1. The van der Waals surface area contributed by atoms with Crippen molar-refractivity contribution in [3.63, 3.8) is 0 Å². The highest BCUT2D eigenvalue weighted by molar-refractivity contribution is 5.93. The average molecular weight is 449 g/mol. The molecule has 3 aliphatic rings. The molecule has 5 rings (SSSR count). The molecule has 2 aromatic carbocycles. The molecule has 2 aliphatic carbocycles. The second-order valence-corrected chi connectivity index (χ2v) is 9.28. The van der Waals surface area contributed by atoms with Crippen LogP contribution in [0, 0.1) is 0 Å². The number of nitrogens with zero attached hydrogens (tertiary/aromatic N) is 1. The Balaban J connectivity index is 1.24. The van der Waals surface area contributed by atoms with Crippen molar-refractivity contribution < 1.29 is 24.2 Å². The fourth-order valence-electron chi connectivity index (χ4n) is 5.30. The van der Waals surface area contributed by atoms with Crippen LogP contribution in [0.3, 0.4) is 0 Å². The monoisotopic (exact) mass is 448 g/mol. The number of carboxylic acid groups (broad SMARTS) is 1. The van der Waals surface area contributed by atoms with E-state index in [1.807, 2.05) is 24.3 Å². The van der Waals surface area contributed by atoms with Crippen molar-refractivity contribution in [2.24, 2.45) is 0 Å². The Labute approximate surface area is 192 Å². The van der Waals surface area contributed by atoms with E-state index in [9.17, 15) is 19.5 Å². The van der Waals surface area contributed by atoms with Crippen LogP contribution in [0.25, 0.3) is 11.1 Å². The number of aliphatic carboxylic acids is 1. The summed E-state index contributed by atoms with van der Waals surface area (Å²) in [6, 6.07) is 16.0. The maximum atomic E-state index is 13.3. The molecule has 33 heavy (non-hydrogen) atoms. The number of hydrogen-bond acceptors (Lipinski definition) is 4. The first-order valence-corrected chi connectivity index (χ1v) is 11.6. The average Bonchev–Trinajstić information content (AvgIpc) is 3.52. The number of carboxylic acids is 1. The minimum absolute atomic E-state index is 0.0453. The van der Waals surface area contributed by atoms with E-state index in [0.717, 1.165) is 35.1 Å². The van der Waals surface area contributed by atoms with Gasteiger partial charge in [0.15, 0.2) is 0 Å². The van der Waals surface area contributed by atoms with Crippen LogP contribution in [-0.2, 0) is 14.3 Å². The molecule has 1 saturated carbocycles. The van der Waals surface area contributed by atoms with E-state index in [1.165, 1.54) is 0 Å². The van der Waals surface area contributed by atoms with Crippen LogP contribution in [0.4, 0.5) is 4.79 Å². The molecule has 0 spiro atoms. The van der Waals surface area contributed by atoms with Crippen LogP contribution in [0.5, 0.6) is 0 Å². The number of carbonyl (C=O) groups is 3. The molecule has 1 heterocycles. The van der Waals surface area contributed by atoms with E-state index in [4.69, 9.17) is 4.74 Å². The molecule has 2 amide bonds. The minimum Gasteiger partial charge on any atom is -0.481 e. The van der Waals surface area contributed by atoms with Gasteiger partial charge in [0.25, 0.3) is 0 Å². The zero-order chi connectivity index (χ0) is 23.0. The van der Waals surface area contributed by atoms with Crippen molar-refractivity contribution in [2.75, 3.05) is 13.2 Å². The smallest absolute Gasteiger partial charge is 0.408 e. The van der Waals surface area contributed by atoms with Crippen LogP contribution < -0.4 is 5.32 Å². The normalized spacial score (nSPS) is 20.5. The van der Waals surface area contributed by atoms with Gasteiger partial charge in [-0.1, -0.05) is 48.5 Å². The lowest BCUT2D eigenvalue weighted by Gasteiger charge is -2.37. The Bertz CT molecular complexity index is 1050. The number of hydrogen-bond donors (Lipinski definition) is 2. The Kier molecular flexibility index (Phi) is 5.56. The van der Waals surface area contributed by atoms with Crippen molar-refractivity contribution >= 4 is 18.0 Å². The van der Waals surface area contributed by atoms with Gasteiger partial charge in [0.2, 0.25) is 5.91 Å². The third-order valence-electron chi connectivity index (χ3n) is 7.14. The van der Waals surface area contributed by atoms with Gasteiger partial charge < -0.3 is 20.1 Å². The number of nitrogens with one attached hydrogen (secondary N) is 1. The molecule has 0 bridgehead atoms. The van der Waals surface area contributed by atoms with Gasteiger partial charge in [-0.2, -0.15) is 0 Å². The van der Waals surface area contributed by atoms with E-state index in [1.54, 1.807) is 4.90 Å². The summed E-state index contributed by atoms with van der Waals surface area (Å²) >= 11 is 0.